The molecular formula is C8H7NO3S. The smallest absolute Gasteiger partial charge is 0.303 e. The van der Waals surface area contributed by atoms with Gasteiger partial charge in [-0.2, -0.15) is 4.37 Å². The quantitative estimate of drug-likeness (QED) is 0.816. The van der Waals surface area contributed by atoms with Gasteiger partial charge in [0.15, 0.2) is 5.58 Å². The van der Waals surface area contributed by atoms with Crippen LogP contribution in [0.2, 0.25) is 0 Å². The van der Waals surface area contributed by atoms with Crippen molar-refractivity contribution in [1.29, 1.82) is 0 Å². The van der Waals surface area contributed by atoms with E-state index in [-0.39, 0.29) is 6.42 Å². The maximum Gasteiger partial charge on any atom is 0.303 e. The molecule has 0 amide bonds. The van der Waals surface area contributed by atoms with Gasteiger partial charge in [0.25, 0.3) is 0 Å². The van der Waals surface area contributed by atoms with E-state index in [0.29, 0.717) is 6.42 Å². The maximum absolute atomic E-state index is 10.3. The average molecular weight is 197 g/mol. The Hall–Kier alpha value is -1.36. The lowest BCUT2D eigenvalue weighted by atomic mass is 10.2. The Balaban J connectivity index is 2.23. The number of carbonyl (C=O) groups is 1. The molecular weight excluding hydrogens is 190 g/mol. The first kappa shape index (κ1) is 8.25. The molecule has 68 valence electrons. The summed E-state index contributed by atoms with van der Waals surface area (Å²) in [6.45, 7) is 0. The predicted molar refractivity (Wildman–Crippen MR) is 47.8 cm³/mol. The van der Waals surface area contributed by atoms with Gasteiger partial charge in [0.05, 0.1) is 23.1 Å². The van der Waals surface area contributed by atoms with Crippen LogP contribution in [0.15, 0.2) is 16.7 Å². The van der Waals surface area contributed by atoms with Crippen LogP contribution in [0.4, 0.5) is 0 Å². The second-order valence-electron chi connectivity index (χ2n) is 2.64. The van der Waals surface area contributed by atoms with Crippen molar-refractivity contribution in [1.82, 2.24) is 4.37 Å². The summed E-state index contributed by atoms with van der Waals surface area (Å²) in [6.07, 6.45) is 2.12. The van der Waals surface area contributed by atoms with Gasteiger partial charge in [-0.3, -0.25) is 4.79 Å². The van der Waals surface area contributed by atoms with Gasteiger partial charge in [-0.05, 0) is 17.6 Å². The molecule has 5 heteroatoms. The highest BCUT2D eigenvalue weighted by atomic mass is 32.1. The highest BCUT2D eigenvalue weighted by Gasteiger charge is 2.10. The Morgan fingerprint density at radius 3 is 3.31 bits per heavy atom. The first-order chi connectivity index (χ1) is 6.27. The Labute approximate surface area is 78.0 Å². The molecule has 2 aromatic rings. The van der Waals surface area contributed by atoms with Gasteiger partial charge in [0, 0.05) is 6.42 Å². The fraction of sp³-hybridized carbons (Fsp3) is 0.250. The molecule has 4 nitrogen and oxygen atoms in total. The zero-order valence-electron chi connectivity index (χ0n) is 6.69. The van der Waals surface area contributed by atoms with Crippen molar-refractivity contribution >= 4 is 27.8 Å². The number of aliphatic carboxylic acids is 1. The number of hydrogen-bond donors (Lipinski definition) is 1. The van der Waals surface area contributed by atoms with Gasteiger partial charge in [-0.25, -0.2) is 0 Å². The molecule has 1 N–H and O–H groups in total. The number of fused-ring (bicyclic) bond motifs is 1. The molecule has 0 aliphatic rings. The molecule has 0 aliphatic carbocycles. The van der Waals surface area contributed by atoms with Crippen molar-refractivity contribution in [3.05, 3.63) is 18.0 Å². The monoisotopic (exact) mass is 197 g/mol. The average Bonchev–Trinajstić information content (AvgIpc) is 2.60. The van der Waals surface area contributed by atoms with Crippen molar-refractivity contribution in [3.8, 4) is 0 Å². The molecule has 0 aromatic carbocycles. The van der Waals surface area contributed by atoms with Crippen LogP contribution < -0.4 is 0 Å². The molecule has 0 fully saturated rings. The SMILES string of the molecule is O=C(O)CCc1nsc2ccoc12. The molecule has 2 aromatic heterocycles. The largest absolute Gasteiger partial charge is 0.481 e. The van der Waals surface area contributed by atoms with Crippen LogP contribution in [0.3, 0.4) is 0 Å². The number of nitrogens with zero attached hydrogens (tertiary/aromatic N) is 1. The molecule has 0 saturated heterocycles. The molecule has 2 heterocycles. The Bertz CT molecular complexity index is 431. The van der Waals surface area contributed by atoms with E-state index in [2.05, 4.69) is 4.37 Å². The van der Waals surface area contributed by atoms with E-state index in [1.807, 2.05) is 6.07 Å². The minimum Gasteiger partial charge on any atom is -0.481 e. The van der Waals surface area contributed by atoms with E-state index in [4.69, 9.17) is 9.52 Å². The standard InChI is InChI=1S/C8H7NO3S/c10-7(11)2-1-5-8-6(13-9-5)3-4-12-8/h3-4H,1-2H2,(H,10,11). The number of aryl methyl sites for hydroxylation is 1. The van der Waals surface area contributed by atoms with Crippen molar-refractivity contribution in [3.63, 3.8) is 0 Å². The van der Waals surface area contributed by atoms with E-state index in [1.165, 1.54) is 11.5 Å². The van der Waals surface area contributed by atoms with Crippen molar-refractivity contribution in [2.75, 3.05) is 0 Å². The van der Waals surface area contributed by atoms with Crippen molar-refractivity contribution in [2.45, 2.75) is 12.8 Å². The van der Waals surface area contributed by atoms with E-state index >= 15 is 0 Å². The third-order valence-corrected chi connectivity index (χ3v) is 2.55. The molecule has 0 unspecified atom stereocenters. The lowest BCUT2D eigenvalue weighted by Gasteiger charge is -1.90. The summed E-state index contributed by atoms with van der Waals surface area (Å²) in [5.41, 5.74) is 1.47. The van der Waals surface area contributed by atoms with Crippen LogP contribution >= 0.6 is 11.5 Å². The predicted octanol–water partition coefficient (Wildman–Crippen LogP) is 1.91. The highest BCUT2D eigenvalue weighted by molar-refractivity contribution is 7.13. The number of carboxylic acids is 1. The maximum atomic E-state index is 10.3. The summed E-state index contributed by atoms with van der Waals surface area (Å²) >= 11 is 1.34. The summed E-state index contributed by atoms with van der Waals surface area (Å²) < 4.78 is 10.3. The topological polar surface area (TPSA) is 63.3 Å². The minimum atomic E-state index is -0.812. The van der Waals surface area contributed by atoms with E-state index in [1.54, 1.807) is 6.26 Å². The first-order valence-electron chi connectivity index (χ1n) is 3.81. The zero-order chi connectivity index (χ0) is 9.26. The van der Waals surface area contributed by atoms with Crippen molar-refractivity contribution in [2.24, 2.45) is 0 Å². The Kier molecular flexibility index (Phi) is 2.02. The van der Waals surface area contributed by atoms with Gasteiger partial charge in [0.1, 0.15) is 0 Å². The Morgan fingerprint density at radius 2 is 2.54 bits per heavy atom. The molecule has 0 aliphatic heterocycles. The third-order valence-electron chi connectivity index (χ3n) is 1.72. The summed E-state index contributed by atoms with van der Waals surface area (Å²) in [6, 6.07) is 1.83. The number of rotatable bonds is 3. The molecule has 0 spiro atoms. The van der Waals surface area contributed by atoms with Crippen LogP contribution in [0, 0.1) is 0 Å². The highest BCUT2D eigenvalue weighted by Crippen LogP contribution is 2.24. The minimum absolute atomic E-state index is 0.0968. The second kappa shape index (κ2) is 3.18. The van der Waals surface area contributed by atoms with Gasteiger partial charge in [-0.15, -0.1) is 0 Å². The van der Waals surface area contributed by atoms with Gasteiger partial charge < -0.3 is 9.52 Å². The normalized spacial score (nSPS) is 10.8. The zero-order valence-corrected chi connectivity index (χ0v) is 7.50. The number of furan rings is 1. The molecule has 0 bridgehead atoms. The van der Waals surface area contributed by atoms with Gasteiger partial charge in [-0.1, -0.05) is 0 Å². The summed E-state index contributed by atoms with van der Waals surface area (Å²) in [5.74, 6) is -0.812. The van der Waals surface area contributed by atoms with E-state index in [9.17, 15) is 4.79 Å². The van der Waals surface area contributed by atoms with E-state index < -0.39 is 5.97 Å². The molecule has 13 heavy (non-hydrogen) atoms. The fourth-order valence-corrected chi connectivity index (χ4v) is 1.86. The van der Waals surface area contributed by atoms with E-state index in [0.717, 1.165) is 16.0 Å². The fourth-order valence-electron chi connectivity index (χ4n) is 1.11. The van der Waals surface area contributed by atoms with Crippen LogP contribution in [0.25, 0.3) is 10.3 Å². The van der Waals surface area contributed by atoms with Gasteiger partial charge >= 0.3 is 5.97 Å². The lowest BCUT2D eigenvalue weighted by molar-refractivity contribution is -0.136. The number of carboxylic acid groups (broad SMARTS) is 1. The van der Waals surface area contributed by atoms with Crippen molar-refractivity contribution < 1.29 is 14.3 Å². The summed E-state index contributed by atoms with van der Waals surface area (Å²) in [5, 5.41) is 8.48. The molecule has 2 rings (SSSR count). The second-order valence-corrected chi connectivity index (χ2v) is 3.44. The number of hydrogen-bond acceptors (Lipinski definition) is 4. The van der Waals surface area contributed by atoms with Crippen LogP contribution in [0.5, 0.6) is 0 Å². The van der Waals surface area contributed by atoms with Crippen LogP contribution in [-0.4, -0.2) is 15.4 Å². The number of aromatic nitrogens is 1. The molecule has 0 radical (unpaired) electrons. The van der Waals surface area contributed by atoms with Crippen LogP contribution in [0.1, 0.15) is 12.1 Å². The summed E-state index contributed by atoms with van der Waals surface area (Å²) in [4.78, 5) is 10.3. The lowest BCUT2D eigenvalue weighted by Crippen LogP contribution is -1.97. The Morgan fingerprint density at radius 1 is 1.69 bits per heavy atom. The molecule has 0 saturated carbocycles. The first-order valence-corrected chi connectivity index (χ1v) is 4.58. The molecule has 0 atom stereocenters. The third kappa shape index (κ3) is 1.55. The summed E-state index contributed by atoms with van der Waals surface area (Å²) in [7, 11) is 0. The van der Waals surface area contributed by atoms with Crippen LogP contribution in [-0.2, 0) is 11.2 Å². The van der Waals surface area contributed by atoms with Gasteiger partial charge in [0.2, 0.25) is 0 Å².